The highest BCUT2D eigenvalue weighted by atomic mass is 19.4. The molecule has 2 amide bonds. The SMILES string of the molecule is CCC(NC(=O)CNc1cccc(C(F)(F)F)c1)c1ccccc1OCC(=O)N(C)C. The fraction of sp³-hybridized carbons (Fsp3) is 0.364. The maximum atomic E-state index is 12.8. The van der Waals surface area contributed by atoms with Crippen LogP contribution in [-0.4, -0.2) is 44.0 Å². The summed E-state index contributed by atoms with van der Waals surface area (Å²) in [5.41, 5.74) is 0.121. The van der Waals surface area contributed by atoms with Crippen LogP contribution in [0.4, 0.5) is 18.9 Å². The average Bonchev–Trinajstić information content (AvgIpc) is 2.74. The molecule has 0 aliphatic carbocycles. The predicted molar refractivity (Wildman–Crippen MR) is 112 cm³/mol. The van der Waals surface area contributed by atoms with E-state index >= 15 is 0 Å². The van der Waals surface area contributed by atoms with E-state index in [0.29, 0.717) is 17.7 Å². The lowest BCUT2D eigenvalue weighted by molar-refractivity contribution is -0.137. The second-order valence-electron chi connectivity index (χ2n) is 7.08. The minimum absolute atomic E-state index is 0.133. The molecule has 0 spiro atoms. The fourth-order valence-electron chi connectivity index (χ4n) is 2.80. The van der Waals surface area contributed by atoms with Crippen molar-refractivity contribution in [3.8, 4) is 5.75 Å². The lowest BCUT2D eigenvalue weighted by Gasteiger charge is -2.21. The summed E-state index contributed by atoms with van der Waals surface area (Å²) in [6.07, 6.45) is -3.90. The molecule has 0 aromatic heterocycles. The Balaban J connectivity index is 2.02. The van der Waals surface area contributed by atoms with Gasteiger partial charge in [0.2, 0.25) is 5.91 Å². The maximum absolute atomic E-state index is 12.8. The minimum Gasteiger partial charge on any atom is -0.483 e. The van der Waals surface area contributed by atoms with Crippen LogP contribution in [0.3, 0.4) is 0 Å². The maximum Gasteiger partial charge on any atom is 0.416 e. The summed E-state index contributed by atoms with van der Waals surface area (Å²) in [5, 5.41) is 5.56. The number of rotatable bonds is 9. The number of nitrogens with one attached hydrogen (secondary N) is 2. The molecule has 1 atom stereocenters. The van der Waals surface area contributed by atoms with Gasteiger partial charge < -0.3 is 20.3 Å². The number of hydrogen-bond donors (Lipinski definition) is 2. The van der Waals surface area contributed by atoms with Gasteiger partial charge in [-0.2, -0.15) is 13.2 Å². The van der Waals surface area contributed by atoms with Gasteiger partial charge in [-0.25, -0.2) is 0 Å². The Kier molecular flexibility index (Phi) is 8.30. The van der Waals surface area contributed by atoms with E-state index in [-0.39, 0.29) is 36.7 Å². The quantitative estimate of drug-likeness (QED) is 0.625. The summed E-state index contributed by atoms with van der Waals surface area (Å²) in [6, 6.07) is 11.4. The summed E-state index contributed by atoms with van der Waals surface area (Å²) in [5.74, 6) is -0.101. The van der Waals surface area contributed by atoms with Gasteiger partial charge in [-0.3, -0.25) is 9.59 Å². The summed E-state index contributed by atoms with van der Waals surface area (Å²) in [7, 11) is 3.26. The molecule has 168 valence electrons. The number of ether oxygens (including phenoxy) is 1. The summed E-state index contributed by atoms with van der Waals surface area (Å²) < 4.78 is 44.1. The van der Waals surface area contributed by atoms with Gasteiger partial charge in [-0.05, 0) is 30.7 Å². The molecule has 0 bridgehead atoms. The molecule has 2 aromatic carbocycles. The van der Waals surface area contributed by atoms with Gasteiger partial charge in [0.25, 0.3) is 5.91 Å². The summed E-state index contributed by atoms with van der Waals surface area (Å²) in [4.78, 5) is 25.6. The fourth-order valence-corrected chi connectivity index (χ4v) is 2.80. The Hall–Kier alpha value is -3.23. The van der Waals surface area contributed by atoms with E-state index in [1.54, 1.807) is 38.4 Å². The molecule has 2 aromatic rings. The number of nitrogens with zero attached hydrogens (tertiary/aromatic N) is 1. The minimum atomic E-state index is -4.45. The third kappa shape index (κ3) is 7.20. The van der Waals surface area contributed by atoms with Crippen molar-refractivity contribution in [2.24, 2.45) is 0 Å². The molecule has 2 N–H and O–H groups in total. The number of benzene rings is 2. The summed E-state index contributed by atoms with van der Waals surface area (Å²) >= 11 is 0. The van der Waals surface area contributed by atoms with E-state index in [2.05, 4.69) is 10.6 Å². The monoisotopic (exact) mass is 437 g/mol. The highest BCUT2D eigenvalue weighted by molar-refractivity contribution is 5.81. The van der Waals surface area contributed by atoms with Crippen molar-refractivity contribution in [1.82, 2.24) is 10.2 Å². The van der Waals surface area contributed by atoms with E-state index in [9.17, 15) is 22.8 Å². The largest absolute Gasteiger partial charge is 0.483 e. The van der Waals surface area contributed by atoms with E-state index < -0.39 is 11.7 Å². The number of anilines is 1. The molecule has 6 nitrogen and oxygen atoms in total. The molecule has 0 heterocycles. The topological polar surface area (TPSA) is 70.7 Å². The Morgan fingerprint density at radius 2 is 1.81 bits per heavy atom. The first-order valence-corrected chi connectivity index (χ1v) is 9.74. The molecule has 0 radical (unpaired) electrons. The van der Waals surface area contributed by atoms with E-state index in [4.69, 9.17) is 4.74 Å². The second-order valence-corrected chi connectivity index (χ2v) is 7.08. The number of carbonyl (C=O) groups is 2. The van der Waals surface area contributed by atoms with Crippen molar-refractivity contribution in [3.63, 3.8) is 0 Å². The molecule has 0 aliphatic rings. The normalized spacial score (nSPS) is 12.1. The lowest BCUT2D eigenvalue weighted by Crippen LogP contribution is -2.33. The number of halogens is 3. The van der Waals surface area contributed by atoms with Crippen LogP contribution in [0.25, 0.3) is 0 Å². The molecule has 0 saturated carbocycles. The molecule has 31 heavy (non-hydrogen) atoms. The number of para-hydroxylation sites is 1. The van der Waals surface area contributed by atoms with E-state index in [1.807, 2.05) is 6.92 Å². The highest BCUT2D eigenvalue weighted by Gasteiger charge is 2.30. The first-order chi connectivity index (χ1) is 14.6. The Morgan fingerprint density at radius 3 is 2.45 bits per heavy atom. The number of likely N-dealkylation sites (N-methyl/N-ethyl adjacent to an activating group) is 1. The molecular weight excluding hydrogens is 411 g/mol. The standard InChI is InChI=1S/C22H26F3N3O3/c1-4-18(17-10-5-6-11-19(17)31-14-21(30)28(2)3)27-20(29)13-26-16-9-7-8-15(12-16)22(23,24)25/h5-12,18,26H,4,13-14H2,1-3H3,(H,27,29). The van der Waals surface area contributed by atoms with Crippen LogP contribution in [0.2, 0.25) is 0 Å². The molecular formula is C22H26F3N3O3. The second kappa shape index (κ2) is 10.7. The zero-order chi connectivity index (χ0) is 23.0. The van der Waals surface area contributed by atoms with Gasteiger partial charge in [0.15, 0.2) is 6.61 Å². The van der Waals surface area contributed by atoms with Crippen molar-refractivity contribution in [2.75, 3.05) is 32.6 Å². The van der Waals surface area contributed by atoms with Crippen molar-refractivity contribution in [1.29, 1.82) is 0 Å². The van der Waals surface area contributed by atoms with Gasteiger partial charge in [0.1, 0.15) is 5.75 Å². The van der Waals surface area contributed by atoms with Crippen molar-refractivity contribution in [3.05, 3.63) is 59.7 Å². The van der Waals surface area contributed by atoms with Gasteiger partial charge in [0, 0.05) is 25.3 Å². The van der Waals surface area contributed by atoms with Gasteiger partial charge >= 0.3 is 6.18 Å². The number of carbonyl (C=O) groups excluding carboxylic acids is 2. The lowest BCUT2D eigenvalue weighted by atomic mass is 10.0. The average molecular weight is 437 g/mol. The molecule has 1 unspecified atom stereocenters. The number of alkyl halides is 3. The van der Waals surface area contributed by atoms with Gasteiger partial charge in [0.05, 0.1) is 18.2 Å². The number of amides is 2. The van der Waals surface area contributed by atoms with Crippen molar-refractivity contribution < 1.29 is 27.5 Å². The van der Waals surface area contributed by atoms with Gasteiger partial charge in [-0.1, -0.05) is 31.2 Å². The van der Waals surface area contributed by atoms with Crippen LogP contribution < -0.4 is 15.4 Å². The highest BCUT2D eigenvalue weighted by Crippen LogP contribution is 2.30. The first kappa shape index (κ1) is 24.0. The van der Waals surface area contributed by atoms with Crippen LogP contribution in [-0.2, 0) is 15.8 Å². The summed E-state index contributed by atoms with van der Waals surface area (Å²) in [6.45, 7) is 1.55. The molecule has 9 heteroatoms. The van der Waals surface area contributed by atoms with Gasteiger partial charge in [-0.15, -0.1) is 0 Å². The zero-order valence-corrected chi connectivity index (χ0v) is 17.6. The number of hydrogen-bond acceptors (Lipinski definition) is 4. The van der Waals surface area contributed by atoms with Crippen LogP contribution >= 0.6 is 0 Å². The smallest absolute Gasteiger partial charge is 0.416 e. The van der Waals surface area contributed by atoms with Crippen molar-refractivity contribution >= 4 is 17.5 Å². The molecule has 0 saturated heterocycles. The Labute approximate surface area is 179 Å². The third-order valence-corrected chi connectivity index (χ3v) is 4.53. The van der Waals surface area contributed by atoms with Crippen LogP contribution in [0.1, 0.15) is 30.5 Å². The van der Waals surface area contributed by atoms with Crippen molar-refractivity contribution in [2.45, 2.75) is 25.6 Å². The van der Waals surface area contributed by atoms with Crippen LogP contribution in [0.5, 0.6) is 5.75 Å². The molecule has 0 aliphatic heterocycles. The zero-order valence-electron chi connectivity index (χ0n) is 17.6. The first-order valence-electron chi connectivity index (χ1n) is 9.74. The third-order valence-electron chi connectivity index (χ3n) is 4.53. The predicted octanol–water partition coefficient (Wildman–Crippen LogP) is 3.85. The van der Waals surface area contributed by atoms with E-state index in [0.717, 1.165) is 12.1 Å². The van der Waals surface area contributed by atoms with Crippen LogP contribution in [0.15, 0.2) is 48.5 Å². The molecule has 2 rings (SSSR count). The Bertz CT molecular complexity index is 901. The Morgan fingerprint density at radius 1 is 1.10 bits per heavy atom. The molecule has 0 fully saturated rings. The van der Waals surface area contributed by atoms with E-state index in [1.165, 1.54) is 17.0 Å². The van der Waals surface area contributed by atoms with Crippen LogP contribution in [0, 0.1) is 0 Å².